The second-order valence-electron chi connectivity index (χ2n) is 8.27. The molecule has 29 heavy (non-hydrogen) atoms. The molecule has 1 saturated heterocycles. The molecule has 0 radical (unpaired) electrons. The third-order valence-electron chi connectivity index (χ3n) is 5.48. The lowest BCUT2D eigenvalue weighted by Gasteiger charge is -2.26. The first-order chi connectivity index (χ1) is 13.7. The summed E-state index contributed by atoms with van der Waals surface area (Å²) in [6.45, 7) is 8.84. The van der Waals surface area contributed by atoms with E-state index in [2.05, 4.69) is 48.6 Å². The molecule has 1 fully saturated rings. The third kappa shape index (κ3) is 6.03. The van der Waals surface area contributed by atoms with E-state index in [0.29, 0.717) is 19.6 Å². The average molecular weight is 419 g/mol. The van der Waals surface area contributed by atoms with Crippen LogP contribution in [-0.2, 0) is 22.9 Å². The van der Waals surface area contributed by atoms with Gasteiger partial charge in [-0.2, -0.15) is 0 Å². The van der Waals surface area contributed by atoms with Gasteiger partial charge in [-0.1, -0.05) is 23.3 Å². The van der Waals surface area contributed by atoms with Gasteiger partial charge in [-0.25, -0.2) is 12.8 Å². The van der Waals surface area contributed by atoms with Gasteiger partial charge < -0.3 is 4.57 Å². The molecule has 0 N–H and O–H groups in total. The lowest BCUT2D eigenvalue weighted by atomic mass is 10.1. The molecule has 6 heteroatoms. The zero-order chi connectivity index (χ0) is 21.0. The molecule has 4 nitrogen and oxygen atoms in total. The van der Waals surface area contributed by atoms with Crippen molar-refractivity contribution in [3.05, 3.63) is 59.1 Å². The third-order valence-corrected chi connectivity index (χ3v) is 7.09. The van der Waals surface area contributed by atoms with Gasteiger partial charge in [-0.3, -0.25) is 4.90 Å². The molecule has 0 amide bonds. The second kappa shape index (κ2) is 9.26. The van der Waals surface area contributed by atoms with Crippen molar-refractivity contribution in [2.45, 2.75) is 46.7 Å². The lowest BCUT2D eigenvalue weighted by Crippen LogP contribution is -2.39. The van der Waals surface area contributed by atoms with Crippen LogP contribution in [0.25, 0.3) is 10.9 Å². The SMILES string of the molecule is CC(C)=CCC/C(C)=C/Cn1cc(CN2CCS(=O)(=O)CC2)c2cc(F)ccc21. The van der Waals surface area contributed by atoms with Crippen molar-refractivity contribution in [3.63, 3.8) is 0 Å². The Hall–Kier alpha value is -1.92. The maximum atomic E-state index is 13.9. The van der Waals surface area contributed by atoms with Gasteiger partial charge in [0, 0.05) is 43.3 Å². The number of sulfone groups is 1. The minimum atomic E-state index is -2.90. The highest BCUT2D eigenvalue weighted by Crippen LogP contribution is 2.25. The van der Waals surface area contributed by atoms with Crippen LogP contribution in [0.5, 0.6) is 0 Å². The first kappa shape index (κ1) is 21.8. The summed E-state index contributed by atoms with van der Waals surface area (Å²) in [4.78, 5) is 2.14. The zero-order valence-electron chi connectivity index (χ0n) is 17.6. The van der Waals surface area contributed by atoms with E-state index in [0.717, 1.165) is 35.9 Å². The standard InChI is InChI=1S/C23H31FN2O2S/c1-18(2)5-4-6-19(3)9-10-26-17-20(22-15-21(24)7-8-23(22)26)16-25-11-13-29(27,28)14-12-25/h5,7-9,15,17H,4,6,10-14,16H2,1-3H3/b19-9+. The minimum Gasteiger partial charge on any atom is -0.343 e. The van der Waals surface area contributed by atoms with Crippen LogP contribution >= 0.6 is 0 Å². The summed E-state index contributed by atoms with van der Waals surface area (Å²) in [7, 11) is -2.90. The quantitative estimate of drug-likeness (QED) is 0.612. The van der Waals surface area contributed by atoms with Gasteiger partial charge in [-0.05, 0) is 57.4 Å². The van der Waals surface area contributed by atoms with Gasteiger partial charge in [0.05, 0.1) is 11.5 Å². The largest absolute Gasteiger partial charge is 0.343 e. The van der Waals surface area contributed by atoms with Crippen molar-refractivity contribution in [1.29, 1.82) is 0 Å². The van der Waals surface area contributed by atoms with Gasteiger partial charge in [0.25, 0.3) is 0 Å². The average Bonchev–Trinajstić information content (AvgIpc) is 2.98. The van der Waals surface area contributed by atoms with Gasteiger partial charge in [0.15, 0.2) is 9.84 Å². The van der Waals surface area contributed by atoms with E-state index in [4.69, 9.17) is 0 Å². The highest BCUT2D eigenvalue weighted by molar-refractivity contribution is 7.91. The van der Waals surface area contributed by atoms with E-state index in [1.165, 1.54) is 17.2 Å². The van der Waals surface area contributed by atoms with Crippen molar-refractivity contribution in [2.24, 2.45) is 0 Å². The van der Waals surface area contributed by atoms with E-state index in [9.17, 15) is 12.8 Å². The summed E-state index contributed by atoms with van der Waals surface area (Å²) >= 11 is 0. The molecule has 2 heterocycles. The Morgan fingerprint density at radius 2 is 1.86 bits per heavy atom. The van der Waals surface area contributed by atoms with Crippen molar-refractivity contribution in [2.75, 3.05) is 24.6 Å². The van der Waals surface area contributed by atoms with E-state index < -0.39 is 9.84 Å². The van der Waals surface area contributed by atoms with Gasteiger partial charge in [0.2, 0.25) is 0 Å². The molecule has 2 aromatic rings. The predicted molar refractivity (Wildman–Crippen MR) is 118 cm³/mol. The van der Waals surface area contributed by atoms with Crippen LogP contribution in [0.4, 0.5) is 4.39 Å². The van der Waals surface area contributed by atoms with Gasteiger partial charge in [0.1, 0.15) is 5.82 Å². The zero-order valence-corrected chi connectivity index (χ0v) is 18.4. The number of aromatic nitrogens is 1. The van der Waals surface area contributed by atoms with Crippen LogP contribution in [0.15, 0.2) is 47.7 Å². The molecule has 1 aliphatic heterocycles. The van der Waals surface area contributed by atoms with E-state index in [1.54, 1.807) is 6.07 Å². The topological polar surface area (TPSA) is 42.3 Å². The number of nitrogens with zero attached hydrogens (tertiary/aromatic N) is 2. The number of benzene rings is 1. The van der Waals surface area contributed by atoms with Crippen LogP contribution in [0.2, 0.25) is 0 Å². The Balaban J connectivity index is 1.77. The molecule has 1 aliphatic rings. The highest BCUT2D eigenvalue weighted by Gasteiger charge is 2.22. The fourth-order valence-electron chi connectivity index (χ4n) is 3.71. The van der Waals surface area contributed by atoms with E-state index in [-0.39, 0.29) is 17.3 Å². The maximum Gasteiger partial charge on any atom is 0.152 e. The lowest BCUT2D eigenvalue weighted by molar-refractivity contribution is 0.288. The van der Waals surface area contributed by atoms with Crippen LogP contribution in [0.3, 0.4) is 0 Å². The Morgan fingerprint density at radius 1 is 1.14 bits per heavy atom. The van der Waals surface area contributed by atoms with Crippen LogP contribution in [0, 0.1) is 5.82 Å². The number of rotatable bonds is 7. The molecule has 1 aromatic carbocycles. The predicted octanol–water partition coefficient (Wildman–Crippen LogP) is 4.70. The first-order valence-corrected chi connectivity index (χ1v) is 12.0. The monoisotopic (exact) mass is 418 g/mol. The maximum absolute atomic E-state index is 13.9. The number of allylic oxidation sites excluding steroid dienone is 4. The number of hydrogen-bond acceptors (Lipinski definition) is 3. The summed E-state index contributed by atoms with van der Waals surface area (Å²) in [5, 5.41) is 0.911. The fraction of sp³-hybridized carbons (Fsp3) is 0.478. The summed E-state index contributed by atoms with van der Waals surface area (Å²) in [6.07, 6.45) is 8.66. The van der Waals surface area contributed by atoms with Crippen molar-refractivity contribution < 1.29 is 12.8 Å². The summed E-state index contributed by atoms with van der Waals surface area (Å²) in [5.74, 6) is 0.160. The molecule has 0 unspecified atom stereocenters. The smallest absolute Gasteiger partial charge is 0.152 e. The van der Waals surface area contributed by atoms with Crippen LogP contribution in [-0.4, -0.2) is 42.5 Å². The molecule has 1 aromatic heterocycles. The van der Waals surface area contributed by atoms with Gasteiger partial charge in [-0.15, -0.1) is 0 Å². The Morgan fingerprint density at radius 3 is 2.55 bits per heavy atom. The minimum absolute atomic E-state index is 0.202. The fourth-order valence-corrected chi connectivity index (χ4v) is 4.99. The number of fused-ring (bicyclic) bond motifs is 1. The highest BCUT2D eigenvalue weighted by atomic mass is 32.2. The van der Waals surface area contributed by atoms with Crippen molar-refractivity contribution in [1.82, 2.24) is 9.47 Å². The molecular formula is C23H31FN2O2S. The molecule has 3 rings (SSSR count). The molecule has 0 bridgehead atoms. The first-order valence-electron chi connectivity index (χ1n) is 10.2. The Labute approximate surface area is 173 Å². The molecule has 0 spiro atoms. The summed E-state index contributed by atoms with van der Waals surface area (Å²) in [5.41, 5.74) is 4.74. The number of halogens is 1. The molecular weight excluding hydrogens is 387 g/mol. The molecule has 0 aliphatic carbocycles. The van der Waals surface area contributed by atoms with Gasteiger partial charge >= 0.3 is 0 Å². The van der Waals surface area contributed by atoms with E-state index >= 15 is 0 Å². The van der Waals surface area contributed by atoms with Crippen molar-refractivity contribution in [3.8, 4) is 0 Å². The van der Waals surface area contributed by atoms with Crippen LogP contribution in [0.1, 0.15) is 39.2 Å². The molecule has 0 atom stereocenters. The summed E-state index contributed by atoms with van der Waals surface area (Å²) < 4.78 is 39.4. The number of hydrogen-bond donors (Lipinski definition) is 0. The van der Waals surface area contributed by atoms with Crippen LogP contribution < -0.4 is 0 Å². The Kier molecular flexibility index (Phi) is 6.96. The van der Waals surface area contributed by atoms with E-state index in [1.807, 2.05) is 6.07 Å². The Bertz CT molecular complexity index is 1020. The molecule has 0 saturated carbocycles. The second-order valence-corrected chi connectivity index (χ2v) is 10.6. The molecule has 158 valence electrons. The summed E-state index contributed by atoms with van der Waals surface area (Å²) in [6, 6.07) is 4.93. The van der Waals surface area contributed by atoms with Crippen molar-refractivity contribution >= 4 is 20.7 Å². The normalized spacial score (nSPS) is 17.6.